The number of nitrogens with one attached hydrogen (secondary N) is 1. The van der Waals surface area contributed by atoms with Crippen molar-refractivity contribution in [3.05, 3.63) is 95.3 Å². The fourth-order valence-electron chi connectivity index (χ4n) is 4.93. The molecule has 0 bridgehead atoms. The van der Waals surface area contributed by atoms with Crippen molar-refractivity contribution >= 4 is 34.0 Å². The average Bonchev–Trinajstić information content (AvgIpc) is 2.86. The predicted molar refractivity (Wildman–Crippen MR) is 140 cm³/mol. The van der Waals surface area contributed by atoms with Crippen LogP contribution >= 0.6 is 11.6 Å². The van der Waals surface area contributed by atoms with E-state index in [1.165, 1.54) is 0 Å². The van der Waals surface area contributed by atoms with Gasteiger partial charge in [-0.3, -0.25) is 9.78 Å². The Morgan fingerprint density at radius 3 is 2.50 bits per heavy atom. The van der Waals surface area contributed by atoms with Crippen molar-refractivity contribution in [1.82, 2.24) is 9.88 Å². The van der Waals surface area contributed by atoms with Gasteiger partial charge in [0.15, 0.2) is 0 Å². The fraction of sp³-hybridized carbons (Fsp3) is 0.241. The SMILES string of the molecule is CN1CCC(c2cc(NC(=O)Cc3ccc(-c4ccncc4)c4ccccc34)ccc2Cl)CC1. The summed E-state index contributed by atoms with van der Waals surface area (Å²) >= 11 is 6.53. The van der Waals surface area contributed by atoms with Gasteiger partial charge in [-0.2, -0.15) is 0 Å². The van der Waals surface area contributed by atoms with Gasteiger partial charge in [-0.25, -0.2) is 0 Å². The molecule has 3 aromatic carbocycles. The van der Waals surface area contributed by atoms with Crippen LogP contribution in [0, 0.1) is 0 Å². The molecule has 1 saturated heterocycles. The molecular formula is C29H28ClN3O. The maximum Gasteiger partial charge on any atom is 0.228 e. The minimum atomic E-state index is -0.0292. The summed E-state index contributed by atoms with van der Waals surface area (Å²) in [6.07, 6.45) is 6.09. The number of hydrogen-bond acceptors (Lipinski definition) is 3. The Bertz CT molecular complexity index is 1310. The van der Waals surface area contributed by atoms with Crippen molar-refractivity contribution in [2.45, 2.75) is 25.2 Å². The van der Waals surface area contributed by atoms with Crippen LogP contribution in [0.2, 0.25) is 5.02 Å². The highest BCUT2D eigenvalue weighted by atomic mass is 35.5. The second-order valence-corrected chi connectivity index (χ2v) is 9.50. The third-order valence-electron chi connectivity index (χ3n) is 6.79. The molecule has 4 nitrogen and oxygen atoms in total. The first-order chi connectivity index (χ1) is 16.6. The first kappa shape index (κ1) is 22.6. The molecule has 0 atom stereocenters. The lowest BCUT2D eigenvalue weighted by Crippen LogP contribution is -2.29. The molecule has 34 heavy (non-hydrogen) atoms. The lowest BCUT2D eigenvalue weighted by atomic mass is 9.89. The van der Waals surface area contributed by atoms with Crippen molar-refractivity contribution < 1.29 is 4.79 Å². The van der Waals surface area contributed by atoms with Gasteiger partial charge in [0.1, 0.15) is 0 Å². The maximum atomic E-state index is 13.0. The van der Waals surface area contributed by atoms with Crippen molar-refractivity contribution in [3.8, 4) is 11.1 Å². The van der Waals surface area contributed by atoms with Gasteiger partial charge in [-0.05, 0) is 102 Å². The number of nitrogens with zero attached hydrogens (tertiary/aromatic N) is 2. The summed E-state index contributed by atoms with van der Waals surface area (Å²) in [6, 6.07) is 22.3. The number of aromatic nitrogens is 1. The Balaban J connectivity index is 1.36. The Labute approximate surface area is 205 Å². The van der Waals surface area contributed by atoms with Gasteiger partial charge in [0, 0.05) is 23.1 Å². The summed E-state index contributed by atoms with van der Waals surface area (Å²) in [5.74, 6) is 0.406. The molecule has 0 unspecified atom stereocenters. The van der Waals surface area contributed by atoms with E-state index in [0.29, 0.717) is 12.3 Å². The van der Waals surface area contributed by atoms with Crippen LogP contribution in [0.25, 0.3) is 21.9 Å². The van der Waals surface area contributed by atoms with Gasteiger partial charge in [-0.1, -0.05) is 48.0 Å². The molecule has 0 aliphatic carbocycles. The molecule has 5 rings (SSSR count). The van der Waals surface area contributed by atoms with E-state index in [9.17, 15) is 4.79 Å². The minimum Gasteiger partial charge on any atom is -0.326 e. The van der Waals surface area contributed by atoms with Crippen LogP contribution in [-0.2, 0) is 11.2 Å². The van der Waals surface area contributed by atoms with Crippen LogP contribution in [0.15, 0.2) is 79.1 Å². The minimum absolute atomic E-state index is 0.0292. The molecule has 1 fully saturated rings. The Kier molecular flexibility index (Phi) is 6.61. The number of amides is 1. The molecule has 1 aromatic heterocycles. The van der Waals surface area contributed by atoms with Crippen molar-refractivity contribution in [2.24, 2.45) is 0 Å². The zero-order chi connectivity index (χ0) is 23.5. The number of likely N-dealkylation sites (tertiary alicyclic amines) is 1. The Hall–Kier alpha value is -3.21. The first-order valence-corrected chi connectivity index (χ1v) is 12.1. The smallest absolute Gasteiger partial charge is 0.228 e. The Morgan fingerprint density at radius 2 is 1.74 bits per heavy atom. The number of carbonyl (C=O) groups excluding carboxylic acids is 1. The number of halogens is 1. The third-order valence-corrected chi connectivity index (χ3v) is 7.14. The molecule has 4 aromatic rings. The zero-order valence-electron chi connectivity index (χ0n) is 19.3. The number of benzene rings is 3. The van der Waals surface area contributed by atoms with Crippen LogP contribution < -0.4 is 5.32 Å². The third kappa shape index (κ3) is 4.84. The molecule has 1 aliphatic rings. The summed E-state index contributed by atoms with van der Waals surface area (Å²) in [5, 5.41) is 6.11. The van der Waals surface area contributed by atoms with E-state index in [2.05, 4.69) is 52.6 Å². The van der Waals surface area contributed by atoms with Crippen molar-refractivity contribution in [3.63, 3.8) is 0 Å². The molecule has 2 heterocycles. The van der Waals surface area contributed by atoms with Crippen LogP contribution in [0.4, 0.5) is 5.69 Å². The van der Waals surface area contributed by atoms with Crippen LogP contribution in [-0.4, -0.2) is 35.9 Å². The Morgan fingerprint density at radius 1 is 1.00 bits per heavy atom. The topological polar surface area (TPSA) is 45.2 Å². The number of carbonyl (C=O) groups is 1. The summed E-state index contributed by atoms with van der Waals surface area (Å²) in [5.41, 5.74) is 5.21. The quantitative estimate of drug-likeness (QED) is 0.360. The van der Waals surface area contributed by atoms with Gasteiger partial charge in [0.25, 0.3) is 0 Å². The highest BCUT2D eigenvalue weighted by molar-refractivity contribution is 6.31. The molecule has 0 radical (unpaired) electrons. The second kappa shape index (κ2) is 9.96. The molecule has 1 N–H and O–H groups in total. The average molecular weight is 470 g/mol. The number of hydrogen-bond donors (Lipinski definition) is 1. The predicted octanol–water partition coefficient (Wildman–Crippen LogP) is 6.55. The van der Waals surface area contributed by atoms with E-state index in [1.54, 1.807) is 12.4 Å². The van der Waals surface area contributed by atoms with E-state index in [4.69, 9.17) is 11.6 Å². The van der Waals surface area contributed by atoms with Crippen molar-refractivity contribution in [2.75, 3.05) is 25.5 Å². The summed E-state index contributed by atoms with van der Waals surface area (Å²) in [6.45, 7) is 2.14. The highest BCUT2D eigenvalue weighted by Crippen LogP contribution is 2.35. The molecule has 0 spiro atoms. The lowest BCUT2D eigenvalue weighted by Gasteiger charge is -2.30. The number of piperidine rings is 1. The van der Waals surface area contributed by atoms with E-state index in [1.807, 2.05) is 36.4 Å². The van der Waals surface area contributed by atoms with Crippen LogP contribution in [0.3, 0.4) is 0 Å². The maximum absolute atomic E-state index is 13.0. The summed E-state index contributed by atoms with van der Waals surface area (Å²) in [7, 11) is 2.15. The van der Waals surface area contributed by atoms with Gasteiger partial charge < -0.3 is 10.2 Å². The van der Waals surface area contributed by atoms with Gasteiger partial charge in [0.2, 0.25) is 5.91 Å². The molecule has 172 valence electrons. The van der Waals surface area contributed by atoms with Gasteiger partial charge in [0.05, 0.1) is 6.42 Å². The van der Waals surface area contributed by atoms with Crippen LogP contribution in [0.5, 0.6) is 0 Å². The number of anilines is 1. The second-order valence-electron chi connectivity index (χ2n) is 9.09. The fourth-order valence-corrected chi connectivity index (χ4v) is 5.20. The standard InChI is InChI=1S/C29H28ClN3O/c1-33-16-12-21(13-17-33)27-19-23(7-9-28(27)30)32-29(34)18-22-6-8-25(20-10-14-31-15-11-20)26-5-3-2-4-24(22)26/h2-11,14-15,19,21H,12-13,16-18H2,1H3,(H,32,34). The normalized spacial score (nSPS) is 14.9. The highest BCUT2D eigenvalue weighted by Gasteiger charge is 2.21. The monoisotopic (exact) mass is 469 g/mol. The van der Waals surface area contributed by atoms with E-state index in [-0.39, 0.29) is 5.91 Å². The van der Waals surface area contributed by atoms with Crippen LogP contribution in [0.1, 0.15) is 29.9 Å². The molecule has 5 heteroatoms. The van der Waals surface area contributed by atoms with E-state index < -0.39 is 0 Å². The van der Waals surface area contributed by atoms with Crippen molar-refractivity contribution in [1.29, 1.82) is 0 Å². The molecule has 0 saturated carbocycles. The van der Waals surface area contributed by atoms with Gasteiger partial charge in [-0.15, -0.1) is 0 Å². The largest absolute Gasteiger partial charge is 0.326 e. The number of pyridine rings is 1. The zero-order valence-corrected chi connectivity index (χ0v) is 20.1. The van der Waals surface area contributed by atoms with E-state index >= 15 is 0 Å². The molecule has 1 amide bonds. The lowest BCUT2D eigenvalue weighted by molar-refractivity contribution is -0.115. The number of rotatable bonds is 5. The summed E-state index contributed by atoms with van der Waals surface area (Å²) < 4.78 is 0. The molecular weight excluding hydrogens is 442 g/mol. The number of fused-ring (bicyclic) bond motifs is 1. The summed E-state index contributed by atoms with van der Waals surface area (Å²) in [4.78, 5) is 19.5. The molecule has 1 aliphatic heterocycles. The van der Waals surface area contributed by atoms with Gasteiger partial charge >= 0.3 is 0 Å². The van der Waals surface area contributed by atoms with E-state index in [0.717, 1.165) is 69.7 Å². The first-order valence-electron chi connectivity index (χ1n) is 11.8.